The van der Waals surface area contributed by atoms with Crippen molar-refractivity contribution in [2.24, 2.45) is 11.8 Å². The van der Waals surface area contributed by atoms with Crippen LogP contribution in [0, 0.1) is 11.8 Å². The molecular weight excluding hydrogens is 196 g/mol. The topological polar surface area (TPSA) is 74.6 Å². The van der Waals surface area contributed by atoms with Crippen LogP contribution < -0.4 is 0 Å². The number of carboxylic acids is 2. The first-order valence-electron chi connectivity index (χ1n) is 4.73. The third-order valence-electron chi connectivity index (χ3n) is 0.988. The Hall–Kier alpha value is -1.32. The SMILES string of the molecule is C=CC.CC(C)C(=O)O.CC(C)C(=O)O. The van der Waals surface area contributed by atoms with Crippen molar-refractivity contribution >= 4 is 11.9 Å². The average Bonchev–Trinajstić information content (AvgIpc) is 2.06. The molecule has 4 nitrogen and oxygen atoms in total. The van der Waals surface area contributed by atoms with Crippen molar-refractivity contribution in [3.63, 3.8) is 0 Å². The highest BCUT2D eigenvalue weighted by Gasteiger charge is 1.99. The summed E-state index contributed by atoms with van der Waals surface area (Å²) in [4.78, 5) is 19.4. The van der Waals surface area contributed by atoms with Gasteiger partial charge in [0.1, 0.15) is 0 Å². The van der Waals surface area contributed by atoms with E-state index in [1.54, 1.807) is 33.8 Å². The summed E-state index contributed by atoms with van der Waals surface area (Å²) in [6.07, 6.45) is 1.75. The van der Waals surface area contributed by atoms with E-state index >= 15 is 0 Å². The highest BCUT2D eigenvalue weighted by Crippen LogP contribution is 1.87. The lowest BCUT2D eigenvalue weighted by atomic mass is 10.2. The summed E-state index contributed by atoms with van der Waals surface area (Å²) in [6.45, 7) is 11.8. The average molecular weight is 218 g/mol. The number of hydrogen-bond donors (Lipinski definition) is 2. The molecule has 0 amide bonds. The Kier molecular flexibility index (Phi) is 16.3. The fourth-order valence-electron chi connectivity index (χ4n) is 0. The molecule has 2 N–H and O–H groups in total. The van der Waals surface area contributed by atoms with Crippen molar-refractivity contribution < 1.29 is 19.8 Å². The van der Waals surface area contributed by atoms with E-state index in [1.165, 1.54) is 0 Å². The maximum atomic E-state index is 9.70. The fraction of sp³-hybridized carbons (Fsp3) is 0.636. The lowest BCUT2D eigenvalue weighted by molar-refractivity contribution is -0.141. The Labute approximate surface area is 91.6 Å². The van der Waals surface area contributed by atoms with E-state index in [-0.39, 0.29) is 11.8 Å². The normalized spacial score (nSPS) is 8.20. The molecule has 0 atom stereocenters. The van der Waals surface area contributed by atoms with Crippen molar-refractivity contribution in [2.45, 2.75) is 34.6 Å². The molecule has 90 valence electrons. The van der Waals surface area contributed by atoms with Gasteiger partial charge in [-0.25, -0.2) is 0 Å². The van der Waals surface area contributed by atoms with E-state index in [4.69, 9.17) is 10.2 Å². The van der Waals surface area contributed by atoms with Crippen molar-refractivity contribution in [2.75, 3.05) is 0 Å². The van der Waals surface area contributed by atoms with Gasteiger partial charge in [0, 0.05) is 0 Å². The molecule has 0 aliphatic heterocycles. The third kappa shape index (κ3) is 32.4. The van der Waals surface area contributed by atoms with E-state index in [0.717, 1.165) is 0 Å². The van der Waals surface area contributed by atoms with Gasteiger partial charge < -0.3 is 10.2 Å². The third-order valence-corrected chi connectivity index (χ3v) is 0.988. The first kappa shape index (κ1) is 19.3. The van der Waals surface area contributed by atoms with Crippen LogP contribution in [0.25, 0.3) is 0 Å². The van der Waals surface area contributed by atoms with Gasteiger partial charge >= 0.3 is 11.9 Å². The molecule has 15 heavy (non-hydrogen) atoms. The van der Waals surface area contributed by atoms with Crippen LogP contribution in [-0.2, 0) is 9.59 Å². The molecule has 0 spiro atoms. The molecule has 0 aliphatic rings. The molecule has 0 unspecified atom stereocenters. The van der Waals surface area contributed by atoms with Crippen LogP contribution in [0.2, 0.25) is 0 Å². The van der Waals surface area contributed by atoms with Crippen LogP contribution in [0.1, 0.15) is 34.6 Å². The number of hydrogen-bond acceptors (Lipinski definition) is 2. The fourth-order valence-corrected chi connectivity index (χ4v) is 0. The van der Waals surface area contributed by atoms with Gasteiger partial charge in [-0.15, -0.1) is 6.58 Å². The van der Waals surface area contributed by atoms with Crippen LogP contribution in [0.4, 0.5) is 0 Å². The van der Waals surface area contributed by atoms with E-state index < -0.39 is 11.9 Å². The largest absolute Gasteiger partial charge is 0.481 e. The summed E-state index contributed by atoms with van der Waals surface area (Å²) in [6, 6.07) is 0. The van der Waals surface area contributed by atoms with Crippen molar-refractivity contribution in [3.8, 4) is 0 Å². The van der Waals surface area contributed by atoms with Gasteiger partial charge in [-0.3, -0.25) is 9.59 Å². The van der Waals surface area contributed by atoms with E-state index in [1.807, 2.05) is 6.92 Å². The summed E-state index contributed by atoms with van der Waals surface area (Å²) in [5.74, 6) is -1.94. The van der Waals surface area contributed by atoms with Gasteiger partial charge in [0.25, 0.3) is 0 Å². The van der Waals surface area contributed by atoms with E-state index in [2.05, 4.69) is 6.58 Å². The summed E-state index contributed by atoms with van der Waals surface area (Å²) >= 11 is 0. The van der Waals surface area contributed by atoms with Gasteiger partial charge in [-0.05, 0) is 6.92 Å². The lowest BCUT2D eigenvalue weighted by Gasteiger charge is -1.89. The summed E-state index contributed by atoms with van der Waals surface area (Å²) in [5.41, 5.74) is 0. The molecule has 0 radical (unpaired) electrons. The standard InChI is InChI=1S/2C4H8O2.C3H6/c2*1-3(2)4(5)6;1-3-2/h2*3H,1-2H3,(H,5,6);3H,1H2,2H3. The molecule has 4 heteroatoms. The Morgan fingerprint density at radius 2 is 1.07 bits per heavy atom. The second kappa shape index (κ2) is 12.7. The Morgan fingerprint density at radius 1 is 1.00 bits per heavy atom. The molecule has 0 fully saturated rings. The van der Waals surface area contributed by atoms with Crippen LogP contribution in [0.15, 0.2) is 12.7 Å². The van der Waals surface area contributed by atoms with Gasteiger partial charge in [0.05, 0.1) is 11.8 Å². The minimum atomic E-state index is -0.741. The molecule has 0 saturated carbocycles. The number of carboxylic acid groups (broad SMARTS) is 2. The Morgan fingerprint density at radius 3 is 1.07 bits per heavy atom. The minimum absolute atomic E-state index is 0.231. The first-order chi connectivity index (χ1) is 6.70. The van der Waals surface area contributed by atoms with Crippen LogP contribution in [0.3, 0.4) is 0 Å². The summed E-state index contributed by atoms with van der Waals surface area (Å²) in [5, 5.41) is 16.0. The second-order valence-electron chi connectivity index (χ2n) is 3.39. The first-order valence-corrected chi connectivity index (χ1v) is 4.73. The quantitative estimate of drug-likeness (QED) is 0.699. The van der Waals surface area contributed by atoms with Crippen LogP contribution in [0.5, 0.6) is 0 Å². The van der Waals surface area contributed by atoms with Gasteiger partial charge in [-0.2, -0.15) is 0 Å². The van der Waals surface area contributed by atoms with Crippen molar-refractivity contribution in [1.82, 2.24) is 0 Å². The zero-order valence-corrected chi connectivity index (χ0v) is 10.2. The van der Waals surface area contributed by atoms with Crippen molar-refractivity contribution in [3.05, 3.63) is 12.7 Å². The molecule has 0 aromatic carbocycles. The number of carbonyl (C=O) groups is 2. The number of allylic oxidation sites excluding steroid dienone is 1. The van der Waals surface area contributed by atoms with E-state index in [9.17, 15) is 9.59 Å². The molecule has 0 saturated heterocycles. The molecular formula is C11H22O4. The Balaban J connectivity index is -0.000000153. The van der Waals surface area contributed by atoms with Crippen LogP contribution in [-0.4, -0.2) is 22.2 Å². The molecule has 0 rings (SSSR count). The minimum Gasteiger partial charge on any atom is -0.481 e. The van der Waals surface area contributed by atoms with E-state index in [0.29, 0.717) is 0 Å². The van der Waals surface area contributed by atoms with Crippen LogP contribution >= 0.6 is 0 Å². The predicted molar refractivity (Wildman–Crippen MR) is 60.8 cm³/mol. The molecule has 0 heterocycles. The van der Waals surface area contributed by atoms with Gasteiger partial charge in [0.15, 0.2) is 0 Å². The Bertz CT molecular complexity index is 165. The number of rotatable bonds is 2. The highest BCUT2D eigenvalue weighted by molar-refractivity contribution is 5.69. The highest BCUT2D eigenvalue weighted by atomic mass is 16.4. The lowest BCUT2D eigenvalue weighted by Crippen LogP contribution is -2.03. The zero-order valence-electron chi connectivity index (χ0n) is 10.2. The second-order valence-corrected chi connectivity index (χ2v) is 3.39. The monoisotopic (exact) mass is 218 g/mol. The number of aliphatic carboxylic acids is 2. The molecule has 0 aromatic heterocycles. The molecule has 0 bridgehead atoms. The molecule has 0 aromatic rings. The van der Waals surface area contributed by atoms with Crippen molar-refractivity contribution in [1.29, 1.82) is 0 Å². The molecule has 0 aliphatic carbocycles. The maximum Gasteiger partial charge on any atom is 0.305 e. The predicted octanol–water partition coefficient (Wildman–Crippen LogP) is 2.65. The van der Waals surface area contributed by atoms with Gasteiger partial charge in [0.2, 0.25) is 0 Å². The maximum absolute atomic E-state index is 9.70. The summed E-state index contributed by atoms with van der Waals surface area (Å²) in [7, 11) is 0. The van der Waals surface area contributed by atoms with Gasteiger partial charge in [-0.1, -0.05) is 33.8 Å². The zero-order chi connectivity index (χ0) is 13.0. The summed E-state index contributed by atoms with van der Waals surface area (Å²) < 4.78 is 0. The smallest absolute Gasteiger partial charge is 0.305 e.